The lowest BCUT2D eigenvalue weighted by molar-refractivity contribution is -0.143. The van der Waals surface area contributed by atoms with Gasteiger partial charge in [-0.3, -0.25) is 14.3 Å². The molecule has 0 aliphatic rings. The molecule has 2 heterocycles. The van der Waals surface area contributed by atoms with Crippen molar-refractivity contribution in [2.45, 2.75) is 47.2 Å². The van der Waals surface area contributed by atoms with Crippen molar-refractivity contribution in [3.8, 4) is 0 Å². The first kappa shape index (κ1) is 20.0. The van der Waals surface area contributed by atoms with Gasteiger partial charge in [0.05, 0.1) is 16.8 Å². The molecule has 0 fully saturated rings. The fraction of sp³-hybridized carbons (Fsp3) is 0.400. The number of amides is 1. The number of hydrogen-bond acceptors (Lipinski definition) is 5. The quantitative estimate of drug-likeness (QED) is 0.615. The molecule has 0 N–H and O–H groups in total. The summed E-state index contributed by atoms with van der Waals surface area (Å²) in [6.07, 6.45) is 1.59. The van der Waals surface area contributed by atoms with Gasteiger partial charge in [-0.15, -0.1) is 0 Å². The van der Waals surface area contributed by atoms with Gasteiger partial charge in [0, 0.05) is 12.2 Å². The van der Waals surface area contributed by atoms with Crippen LogP contribution >= 0.6 is 11.3 Å². The summed E-state index contributed by atoms with van der Waals surface area (Å²) < 4.78 is 9.46. The van der Waals surface area contributed by atoms with E-state index in [1.54, 1.807) is 28.4 Å². The van der Waals surface area contributed by atoms with Crippen molar-refractivity contribution < 1.29 is 14.3 Å². The Morgan fingerprint density at radius 1 is 1.25 bits per heavy atom. The second-order valence-electron chi connectivity index (χ2n) is 6.85. The minimum Gasteiger partial charge on any atom is -0.465 e. The molecule has 148 valence electrons. The number of esters is 1. The third kappa shape index (κ3) is 3.91. The van der Waals surface area contributed by atoms with Gasteiger partial charge in [0.15, 0.2) is 4.80 Å². The molecule has 7 nitrogen and oxygen atoms in total. The van der Waals surface area contributed by atoms with Crippen molar-refractivity contribution in [2.75, 3.05) is 6.61 Å². The topological polar surface area (TPSA) is 78.5 Å². The van der Waals surface area contributed by atoms with Crippen molar-refractivity contribution >= 4 is 33.4 Å². The van der Waals surface area contributed by atoms with Crippen LogP contribution in [0.15, 0.2) is 29.4 Å². The van der Waals surface area contributed by atoms with E-state index in [9.17, 15) is 9.59 Å². The number of nitrogens with zero attached hydrogens (tertiary/aromatic N) is 4. The monoisotopic (exact) mass is 400 g/mol. The molecule has 8 heteroatoms. The van der Waals surface area contributed by atoms with Crippen LogP contribution in [0.2, 0.25) is 0 Å². The lowest BCUT2D eigenvalue weighted by Crippen LogP contribution is -2.23. The van der Waals surface area contributed by atoms with Gasteiger partial charge in [0.1, 0.15) is 12.2 Å². The van der Waals surface area contributed by atoms with E-state index in [-0.39, 0.29) is 24.5 Å². The highest BCUT2D eigenvalue weighted by atomic mass is 32.1. The number of carbonyl (C=O) groups excluding carboxylic acids is 2. The Labute approximate surface area is 167 Å². The standard InChI is InChI=1S/C20H24N4O3S/c1-6-27-18(25)11-23-16-9-13(4)14(5)10-17(16)28-20(23)22-19(26)15-7-8-21-24(15)12(2)3/h7-10,12H,6,11H2,1-5H3. The number of rotatable bonds is 5. The molecule has 0 aliphatic carbocycles. The van der Waals surface area contributed by atoms with E-state index < -0.39 is 0 Å². The van der Waals surface area contributed by atoms with Crippen molar-refractivity contribution in [2.24, 2.45) is 4.99 Å². The summed E-state index contributed by atoms with van der Waals surface area (Å²) in [5.41, 5.74) is 3.54. The highest BCUT2D eigenvalue weighted by molar-refractivity contribution is 7.16. The van der Waals surface area contributed by atoms with Crippen LogP contribution in [0.1, 0.15) is 48.4 Å². The maximum absolute atomic E-state index is 12.8. The van der Waals surface area contributed by atoms with Crippen LogP contribution in [0.5, 0.6) is 0 Å². The number of fused-ring (bicyclic) bond motifs is 1. The number of aromatic nitrogens is 3. The smallest absolute Gasteiger partial charge is 0.326 e. The molecule has 0 spiro atoms. The molecule has 0 atom stereocenters. The van der Waals surface area contributed by atoms with Gasteiger partial charge in [-0.05, 0) is 63.9 Å². The normalized spacial score (nSPS) is 12.1. The van der Waals surface area contributed by atoms with Crippen molar-refractivity contribution in [3.05, 3.63) is 46.0 Å². The highest BCUT2D eigenvalue weighted by Crippen LogP contribution is 2.22. The second kappa shape index (κ2) is 8.10. The van der Waals surface area contributed by atoms with Gasteiger partial charge >= 0.3 is 5.97 Å². The zero-order valence-corrected chi connectivity index (χ0v) is 17.5. The van der Waals surface area contributed by atoms with Crippen LogP contribution < -0.4 is 4.80 Å². The maximum Gasteiger partial charge on any atom is 0.326 e. The average molecular weight is 401 g/mol. The van der Waals surface area contributed by atoms with Crippen LogP contribution in [0.25, 0.3) is 10.2 Å². The molecule has 1 aromatic carbocycles. The molecule has 1 amide bonds. The van der Waals surface area contributed by atoms with Crippen LogP contribution in [-0.2, 0) is 16.1 Å². The molecule has 0 radical (unpaired) electrons. The van der Waals surface area contributed by atoms with Gasteiger partial charge in [-0.25, -0.2) is 0 Å². The number of thiazole rings is 1. The first-order chi connectivity index (χ1) is 13.3. The molecule has 0 saturated carbocycles. The largest absolute Gasteiger partial charge is 0.465 e. The van der Waals surface area contributed by atoms with Crippen molar-refractivity contribution in [1.82, 2.24) is 14.3 Å². The van der Waals surface area contributed by atoms with Crippen LogP contribution in [0.4, 0.5) is 0 Å². The number of ether oxygens (including phenoxy) is 1. The van der Waals surface area contributed by atoms with Gasteiger partial charge in [0.2, 0.25) is 0 Å². The Kier molecular flexibility index (Phi) is 5.79. The fourth-order valence-electron chi connectivity index (χ4n) is 2.93. The third-order valence-corrected chi connectivity index (χ3v) is 5.51. The van der Waals surface area contributed by atoms with Gasteiger partial charge in [-0.1, -0.05) is 11.3 Å². The molecule has 2 aromatic heterocycles. The Hall–Kier alpha value is -2.74. The Morgan fingerprint density at radius 3 is 2.64 bits per heavy atom. The molecule has 0 saturated heterocycles. The van der Waals surface area contributed by atoms with Crippen LogP contribution in [0.3, 0.4) is 0 Å². The zero-order chi connectivity index (χ0) is 20.4. The summed E-state index contributed by atoms with van der Waals surface area (Å²) in [7, 11) is 0. The number of benzene rings is 1. The first-order valence-corrected chi connectivity index (χ1v) is 10.0. The third-order valence-electron chi connectivity index (χ3n) is 4.47. The summed E-state index contributed by atoms with van der Waals surface area (Å²) in [6.45, 7) is 10.0. The number of aryl methyl sites for hydroxylation is 2. The van der Waals surface area contributed by atoms with E-state index >= 15 is 0 Å². The molecule has 0 aliphatic heterocycles. The molecule has 3 aromatic rings. The summed E-state index contributed by atoms with van der Waals surface area (Å²) in [6, 6.07) is 5.77. The highest BCUT2D eigenvalue weighted by Gasteiger charge is 2.16. The molecular formula is C20H24N4O3S. The summed E-state index contributed by atoms with van der Waals surface area (Å²) in [5, 5.41) is 4.20. The number of hydrogen-bond donors (Lipinski definition) is 0. The predicted molar refractivity (Wildman–Crippen MR) is 108 cm³/mol. The van der Waals surface area contributed by atoms with E-state index in [2.05, 4.69) is 16.2 Å². The summed E-state index contributed by atoms with van der Waals surface area (Å²) in [4.78, 5) is 29.8. The van der Waals surface area contributed by atoms with E-state index in [1.807, 2.05) is 33.8 Å². The second-order valence-corrected chi connectivity index (χ2v) is 7.86. The van der Waals surface area contributed by atoms with E-state index in [1.165, 1.54) is 11.3 Å². The van der Waals surface area contributed by atoms with Gasteiger partial charge in [0.25, 0.3) is 5.91 Å². The van der Waals surface area contributed by atoms with Crippen molar-refractivity contribution in [3.63, 3.8) is 0 Å². The lowest BCUT2D eigenvalue weighted by Gasteiger charge is -2.08. The average Bonchev–Trinajstić information content (AvgIpc) is 3.22. The minimum absolute atomic E-state index is 0.00585. The predicted octanol–water partition coefficient (Wildman–Crippen LogP) is 3.40. The number of carbonyl (C=O) groups is 2. The molecule has 0 bridgehead atoms. The lowest BCUT2D eigenvalue weighted by atomic mass is 10.1. The Balaban J connectivity index is 2.15. The van der Waals surface area contributed by atoms with Crippen LogP contribution in [-0.4, -0.2) is 32.8 Å². The first-order valence-electron chi connectivity index (χ1n) is 9.20. The van der Waals surface area contributed by atoms with Crippen molar-refractivity contribution in [1.29, 1.82) is 0 Å². The minimum atomic E-state index is -0.385. The molecule has 28 heavy (non-hydrogen) atoms. The van der Waals surface area contributed by atoms with E-state index in [0.29, 0.717) is 17.1 Å². The Morgan fingerprint density at radius 2 is 1.96 bits per heavy atom. The van der Waals surface area contributed by atoms with Crippen LogP contribution in [0, 0.1) is 13.8 Å². The molecule has 3 rings (SSSR count). The summed E-state index contributed by atoms with van der Waals surface area (Å²) in [5.74, 6) is -0.745. The van der Waals surface area contributed by atoms with Gasteiger partial charge in [-0.2, -0.15) is 10.1 Å². The van der Waals surface area contributed by atoms with E-state index in [4.69, 9.17) is 4.74 Å². The SMILES string of the molecule is CCOC(=O)Cn1c(=NC(=O)c2ccnn2C(C)C)sc2cc(C)c(C)cc21. The molecule has 0 unspecified atom stereocenters. The summed E-state index contributed by atoms with van der Waals surface area (Å²) >= 11 is 1.38. The fourth-order valence-corrected chi connectivity index (χ4v) is 4.04. The zero-order valence-electron chi connectivity index (χ0n) is 16.7. The molecular weight excluding hydrogens is 376 g/mol. The Bertz CT molecular complexity index is 1100. The maximum atomic E-state index is 12.8. The van der Waals surface area contributed by atoms with Gasteiger partial charge < -0.3 is 9.30 Å². The van der Waals surface area contributed by atoms with E-state index in [0.717, 1.165) is 21.3 Å².